The smallest absolute Gasteiger partial charge is 0.0738 e. The number of halogens is 4. The van der Waals surface area contributed by atoms with Gasteiger partial charge in [0.2, 0.25) is 0 Å². The molecule has 5 aliphatic rings. The minimum Gasteiger partial charge on any atom is -0.252 e. The third-order valence-electron chi connectivity index (χ3n) is 9.47. The lowest BCUT2D eigenvalue weighted by Gasteiger charge is -2.17. The molecule has 0 spiro atoms. The zero-order valence-corrected chi connectivity index (χ0v) is 33.7. The van der Waals surface area contributed by atoms with Crippen molar-refractivity contribution in [2.45, 2.75) is 12.3 Å². The number of hydrogen-bond acceptors (Lipinski definition) is 4. The third-order valence-corrected chi connectivity index (χ3v) is 11.6. The molecule has 0 amide bonds. The molecule has 0 fully saturated rings. The van der Waals surface area contributed by atoms with Crippen molar-refractivity contribution in [1.29, 1.82) is 0 Å². The first-order valence-corrected chi connectivity index (χ1v) is 19.9. The Kier molecular flexibility index (Phi) is 8.95. The Morgan fingerprint density at radius 2 is 0.865 bits per heavy atom. The standard InChI is InChI=1S/C44H26Br4N4/c45-29-9-1-25(2-10-29)41-33-17-19-35(49-33)42(26-3-11-30(46)12-4-26)37-21-23-39(51-37)44(28-7-15-32(48)16-8-28)40-24-22-38(52-40)43(36-20-18-34(41)50-36)27-5-13-31(47)14-6-27/h1-23,42H,24H2. The van der Waals surface area contributed by atoms with Crippen LogP contribution in [-0.4, -0.2) is 22.8 Å². The summed E-state index contributed by atoms with van der Waals surface area (Å²) in [6, 6.07) is 33.6. The molecule has 0 aromatic heterocycles. The van der Waals surface area contributed by atoms with Crippen molar-refractivity contribution in [2.75, 3.05) is 0 Å². The molecule has 0 N–H and O–H groups in total. The Morgan fingerprint density at radius 1 is 0.423 bits per heavy atom. The summed E-state index contributed by atoms with van der Waals surface area (Å²) in [5, 5.41) is 0. The third kappa shape index (κ3) is 6.36. The second-order valence-electron chi connectivity index (χ2n) is 12.7. The first kappa shape index (κ1) is 33.5. The highest BCUT2D eigenvalue weighted by Gasteiger charge is 2.30. The molecule has 8 bridgehead atoms. The average Bonchev–Trinajstić information content (AvgIpc) is 3.99. The lowest BCUT2D eigenvalue weighted by molar-refractivity contribution is 1.19. The van der Waals surface area contributed by atoms with Gasteiger partial charge in [0.25, 0.3) is 0 Å². The van der Waals surface area contributed by atoms with Crippen molar-refractivity contribution in [2.24, 2.45) is 20.0 Å². The van der Waals surface area contributed by atoms with Gasteiger partial charge in [-0.15, -0.1) is 0 Å². The van der Waals surface area contributed by atoms with E-state index < -0.39 is 0 Å². The molecule has 5 heterocycles. The van der Waals surface area contributed by atoms with Gasteiger partial charge in [-0.2, -0.15) is 0 Å². The van der Waals surface area contributed by atoms with E-state index in [-0.39, 0.29) is 5.92 Å². The molecule has 0 saturated heterocycles. The molecule has 0 saturated carbocycles. The summed E-state index contributed by atoms with van der Waals surface area (Å²) in [5.41, 5.74) is 14.4. The number of benzene rings is 4. The van der Waals surface area contributed by atoms with Crippen LogP contribution >= 0.6 is 63.7 Å². The second kappa shape index (κ2) is 13.9. The maximum atomic E-state index is 5.40. The molecule has 1 unspecified atom stereocenters. The van der Waals surface area contributed by atoms with E-state index in [2.05, 4.69) is 203 Å². The van der Waals surface area contributed by atoms with Gasteiger partial charge >= 0.3 is 0 Å². The summed E-state index contributed by atoms with van der Waals surface area (Å²) < 4.78 is 4.07. The van der Waals surface area contributed by atoms with Gasteiger partial charge in [-0.3, -0.25) is 15.0 Å². The molecule has 1 atom stereocenters. The fourth-order valence-corrected chi connectivity index (χ4v) is 8.11. The molecule has 4 aromatic carbocycles. The Hall–Kier alpha value is -4.34. The second-order valence-corrected chi connectivity index (χ2v) is 16.4. The van der Waals surface area contributed by atoms with Crippen LogP contribution in [0.2, 0.25) is 0 Å². The topological polar surface area (TPSA) is 49.4 Å². The Balaban J connectivity index is 1.34. The molecular formula is C44H26Br4N4. The molecule has 8 heteroatoms. The van der Waals surface area contributed by atoms with Gasteiger partial charge in [-0.05, 0) is 107 Å². The van der Waals surface area contributed by atoms with Gasteiger partial charge in [0.1, 0.15) is 0 Å². The summed E-state index contributed by atoms with van der Waals surface area (Å²) in [6.07, 6.45) is 15.6. The molecule has 4 aromatic rings. The van der Waals surface area contributed by atoms with E-state index in [9.17, 15) is 0 Å². The van der Waals surface area contributed by atoms with Crippen molar-refractivity contribution in [3.8, 4) is 0 Å². The lowest BCUT2D eigenvalue weighted by Crippen LogP contribution is -2.18. The summed E-state index contributed by atoms with van der Waals surface area (Å²) in [7, 11) is 0. The molecule has 52 heavy (non-hydrogen) atoms. The first-order chi connectivity index (χ1) is 25.4. The van der Waals surface area contributed by atoms with Gasteiger partial charge < -0.3 is 0 Å². The SMILES string of the molecule is Brc1ccc(C2=C3C=CC(=N3)C(c3ccc(Br)cc3)=C3C=CC(=N3)C(c3ccc(Br)cc3)C3=NC(=C(c4ccc(Br)cc4)C4=NC2=CC4)C=C3)cc1. The van der Waals surface area contributed by atoms with E-state index in [1.165, 1.54) is 0 Å². The molecule has 250 valence electrons. The van der Waals surface area contributed by atoms with Crippen LogP contribution in [0.25, 0.3) is 16.7 Å². The number of fused-ring (bicyclic) bond motifs is 4. The number of aliphatic imine (C=N–C) groups is 4. The average molecular weight is 930 g/mol. The highest BCUT2D eigenvalue weighted by Crippen LogP contribution is 2.41. The maximum Gasteiger partial charge on any atom is 0.0738 e. The zero-order chi connectivity index (χ0) is 35.3. The molecule has 0 radical (unpaired) electrons. The highest BCUT2D eigenvalue weighted by atomic mass is 79.9. The van der Waals surface area contributed by atoms with Crippen LogP contribution in [0.1, 0.15) is 34.6 Å². The molecule has 4 nitrogen and oxygen atoms in total. The molecule has 0 aliphatic carbocycles. The van der Waals surface area contributed by atoms with Gasteiger partial charge in [0.05, 0.1) is 51.6 Å². The van der Waals surface area contributed by atoms with Gasteiger partial charge in [-0.1, -0.05) is 118 Å². The summed E-state index contributed by atoms with van der Waals surface area (Å²) in [4.78, 5) is 21.5. The van der Waals surface area contributed by atoms with Crippen LogP contribution in [0.3, 0.4) is 0 Å². The van der Waals surface area contributed by atoms with Crippen LogP contribution < -0.4 is 0 Å². The predicted octanol–water partition coefficient (Wildman–Crippen LogP) is 12.8. The minimum atomic E-state index is -0.194. The number of hydrogen-bond donors (Lipinski definition) is 0. The van der Waals surface area contributed by atoms with Crippen molar-refractivity contribution in [3.05, 3.63) is 203 Å². The van der Waals surface area contributed by atoms with Crippen molar-refractivity contribution in [3.63, 3.8) is 0 Å². The quantitative estimate of drug-likeness (QED) is 0.196. The normalized spacial score (nSPS) is 19.0. The maximum absolute atomic E-state index is 5.40. The minimum absolute atomic E-state index is 0.194. The van der Waals surface area contributed by atoms with Crippen molar-refractivity contribution >= 4 is 103 Å². The van der Waals surface area contributed by atoms with E-state index in [1.54, 1.807) is 0 Å². The summed E-state index contributed by atoms with van der Waals surface area (Å²) in [5.74, 6) is -0.194. The van der Waals surface area contributed by atoms with Crippen LogP contribution in [-0.2, 0) is 0 Å². The fourth-order valence-electron chi connectivity index (χ4n) is 7.06. The molecule has 5 aliphatic heterocycles. The van der Waals surface area contributed by atoms with Gasteiger partial charge in [-0.25, -0.2) is 4.99 Å². The van der Waals surface area contributed by atoms with Crippen LogP contribution in [0, 0.1) is 0 Å². The zero-order valence-electron chi connectivity index (χ0n) is 27.4. The Bertz CT molecular complexity index is 2520. The van der Waals surface area contributed by atoms with Crippen LogP contribution in [0.5, 0.6) is 0 Å². The van der Waals surface area contributed by atoms with Crippen LogP contribution in [0.15, 0.2) is 200 Å². The van der Waals surface area contributed by atoms with E-state index in [1.807, 2.05) is 0 Å². The van der Waals surface area contributed by atoms with E-state index in [0.29, 0.717) is 6.42 Å². The van der Waals surface area contributed by atoms with E-state index in [4.69, 9.17) is 20.0 Å². The summed E-state index contributed by atoms with van der Waals surface area (Å²) >= 11 is 14.5. The fraction of sp³-hybridized carbons (Fsp3) is 0.0455. The van der Waals surface area contributed by atoms with Crippen molar-refractivity contribution < 1.29 is 0 Å². The highest BCUT2D eigenvalue weighted by molar-refractivity contribution is 9.11. The van der Waals surface area contributed by atoms with Gasteiger partial charge in [0, 0.05) is 41.0 Å². The monoisotopic (exact) mass is 926 g/mol. The Labute approximate surface area is 335 Å². The van der Waals surface area contributed by atoms with E-state index >= 15 is 0 Å². The number of rotatable bonds is 4. The lowest BCUT2D eigenvalue weighted by atomic mass is 9.89. The predicted molar refractivity (Wildman–Crippen MR) is 230 cm³/mol. The van der Waals surface area contributed by atoms with E-state index in [0.717, 1.165) is 102 Å². The van der Waals surface area contributed by atoms with Crippen molar-refractivity contribution in [1.82, 2.24) is 0 Å². The number of nitrogens with zero attached hydrogens (tertiary/aromatic N) is 4. The number of allylic oxidation sites excluding steroid dienone is 10. The Morgan fingerprint density at radius 3 is 1.42 bits per heavy atom. The molecule has 9 rings (SSSR count). The largest absolute Gasteiger partial charge is 0.252 e. The van der Waals surface area contributed by atoms with Gasteiger partial charge in [0.15, 0.2) is 0 Å². The molecular weight excluding hydrogens is 904 g/mol. The first-order valence-electron chi connectivity index (χ1n) is 16.7. The van der Waals surface area contributed by atoms with Crippen LogP contribution in [0.4, 0.5) is 0 Å². The summed E-state index contributed by atoms with van der Waals surface area (Å²) in [6.45, 7) is 0.